The van der Waals surface area contributed by atoms with Crippen molar-refractivity contribution >= 4 is 22.6 Å². The molecule has 2 saturated heterocycles. The molecule has 29 heavy (non-hydrogen) atoms. The average molecular weight is 404 g/mol. The van der Waals surface area contributed by atoms with Crippen LogP contribution in [0.15, 0.2) is 17.1 Å². The van der Waals surface area contributed by atoms with Crippen molar-refractivity contribution in [3.63, 3.8) is 0 Å². The van der Waals surface area contributed by atoms with Gasteiger partial charge in [0, 0.05) is 45.5 Å². The number of aliphatic hydroxyl groups excluding tert-OH is 1. The summed E-state index contributed by atoms with van der Waals surface area (Å²) in [6.07, 6.45) is 1.52. The Hall–Kier alpha value is -2.85. The number of benzene rings is 1. The molecule has 4 heterocycles. The van der Waals surface area contributed by atoms with Gasteiger partial charge in [-0.15, -0.1) is 0 Å². The van der Waals surface area contributed by atoms with E-state index in [9.17, 15) is 19.8 Å². The molecule has 0 amide bonds. The lowest BCUT2D eigenvalue weighted by Gasteiger charge is -2.40. The van der Waals surface area contributed by atoms with Crippen molar-refractivity contribution in [2.75, 3.05) is 49.9 Å². The fourth-order valence-electron chi connectivity index (χ4n) is 4.69. The van der Waals surface area contributed by atoms with E-state index in [2.05, 4.69) is 4.90 Å². The molecule has 1 aromatic heterocycles. The number of carbonyl (C=O) groups is 1. The maximum atomic E-state index is 15.2. The molecule has 0 spiro atoms. The van der Waals surface area contributed by atoms with Crippen LogP contribution >= 0.6 is 0 Å². The van der Waals surface area contributed by atoms with Gasteiger partial charge in [0.05, 0.1) is 11.5 Å². The molecule has 9 nitrogen and oxygen atoms in total. The van der Waals surface area contributed by atoms with Crippen molar-refractivity contribution in [2.24, 2.45) is 0 Å². The van der Waals surface area contributed by atoms with E-state index in [1.54, 1.807) is 12.1 Å². The summed E-state index contributed by atoms with van der Waals surface area (Å²) in [7, 11) is 1.69. The quantitative estimate of drug-likeness (QED) is 0.723. The smallest absolute Gasteiger partial charge is 0.341 e. The van der Waals surface area contributed by atoms with Crippen LogP contribution in [0.25, 0.3) is 10.9 Å². The lowest BCUT2D eigenvalue weighted by Crippen LogP contribution is -2.50. The number of halogens is 1. The topological polar surface area (TPSA) is 98.5 Å². The molecule has 2 unspecified atom stereocenters. The largest absolute Gasteiger partial charge is 0.477 e. The summed E-state index contributed by atoms with van der Waals surface area (Å²) in [5.74, 6) is -1.73. The minimum Gasteiger partial charge on any atom is -0.477 e. The molecular formula is C19H21FN4O5. The molecule has 3 aliphatic heterocycles. The number of pyridine rings is 1. The summed E-state index contributed by atoms with van der Waals surface area (Å²) in [5, 5.41) is 20.9. The highest BCUT2D eigenvalue weighted by molar-refractivity contribution is 5.97. The summed E-state index contributed by atoms with van der Waals surface area (Å²) in [6.45, 7) is 2.52. The van der Waals surface area contributed by atoms with Crippen molar-refractivity contribution in [3.05, 3.63) is 33.9 Å². The van der Waals surface area contributed by atoms with Gasteiger partial charge < -0.3 is 19.8 Å². The molecule has 1 aromatic carbocycles. The predicted octanol–water partition coefficient (Wildman–Crippen LogP) is 0.0117. The Morgan fingerprint density at radius 1 is 1.31 bits per heavy atom. The fourth-order valence-corrected chi connectivity index (χ4v) is 4.69. The Balaban J connectivity index is 1.69. The second-order valence-electron chi connectivity index (χ2n) is 7.87. The van der Waals surface area contributed by atoms with Gasteiger partial charge in [0.1, 0.15) is 16.8 Å². The second kappa shape index (κ2) is 6.33. The monoisotopic (exact) mass is 404 g/mol. The predicted molar refractivity (Wildman–Crippen MR) is 103 cm³/mol. The number of nitrogens with zero attached hydrogens (tertiary/aromatic N) is 4. The normalized spacial score (nSPS) is 24.0. The molecule has 2 fully saturated rings. The van der Waals surface area contributed by atoms with Gasteiger partial charge in [-0.3, -0.25) is 19.4 Å². The van der Waals surface area contributed by atoms with Crippen molar-refractivity contribution < 1.29 is 24.1 Å². The van der Waals surface area contributed by atoms with Crippen LogP contribution in [0.4, 0.5) is 10.1 Å². The van der Waals surface area contributed by atoms with Crippen LogP contribution < -0.4 is 20.1 Å². The Kier molecular flexibility index (Phi) is 3.97. The average Bonchev–Trinajstić information content (AvgIpc) is 3.04. The molecule has 0 aliphatic carbocycles. The Morgan fingerprint density at radius 3 is 2.86 bits per heavy atom. The van der Waals surface area contributed by atoms with Gasteiger partial charge in [-0.2, -0.15) is 0 Å². The second-order valence-corrected chi connectivity index (χ2v) is 7.87. The molecule has 2 aromatic rings. The van der Waals surface area contributed by atoms with Gasteiger partial charge in [0.2, 0.25) is 5.43 Å². The van der Waals surface area contributed by atoms with Crippen LogP contribution in [0.1, 0.15) is 16.8 Å². The highest BCUT2D eigenvalue weighted by atomic mass is 19.1. The number of anilines is 1. The number of aromatic nitrogens is 1. The van der Waals surface area contributed by atoms with E-state index in [-0.39, 0.29) is 35.7 Å². The maximum absolute atomic E-state index is 15.2. The molecule has 0 saturated carbocycles. The number of hydrogen-bond donors (Lipinski definition) is 2. The summed E-state index contributed by atoms with van der Waals surface area (Å²) < 4.78 is 22.6. The standard InChI is InChI=1S/C19H21FN4O5/c1-21-9-29-18-15-12(17(26)13(19(27)28)8-24(15)21)5-14(20)16(18)23-3-2-22-7-11(25)4-10(22)6-23/h5,8,10-11,25H,2-4,6-7,9H2,1H3,(H,27,28). The number of carboxylic acids is 1. The first-order valence-electron chi connectivity index (χ1n) is 9.51. The molecule has 5 rings (SSSR count). The number of hydrogen-bond acceptors (Lipinski definition) is 7. The Labute approximate surface area is 165 Å². The highest BCUT2D eigenvalue weighted by Crippen LogP contribution is 2.41. The van der Waals surface area contributed by atoms with E-state index in [0.717, 1.165) is 6.07 Å². The number of piperazine rings is 1. The highest BCUT2D eigenvalue weighted by Gasteiger charge is 2.38. The molecule has 0 radical (unpaired) electrons. The minimum absolute atomic E-state index is 0.0253. The lowest BCUT2D eigenvalue weighted by atomic mass is 10.1. The summed E-state index contributed by atoms with van der Waals surface area (Å²) in [6, 6.07) is 1.24. The van der Waals surface area contributed by atoms with E-state index in [4.69, 9.17) is 4.74 Å². The number of aromatic carboxylic acids is 1. The number of rotatable bonds is 2. The molecule has 2 atom stereocenters. The zero-order valence-corrected chi connectivity index (χ0v) is 15.8. The van der Waals surface area contributed by atoms with E-state index in [1.165, 1.54) is 10.9 Å². The van der Waals surface area contributed by atoms with Gasteiger partial charge in [0.25, 0.3) is 0 Å². The van der Waals surface area contributed by atoms with Crippen LogP contribution in [-0.2, 0) is 0 Å². The van der Waals surface area contributed by atoms with Crippen LogP contribution in [0, 0.1) is 5.82 Å². The van der Waals surface area contributed by atoms with Gasteiger partial charge in [-0.25, -0.2) is 9.18 Å². The SMILES string of the molecule is CN1COc2c(N3CCN4CC(O)CC4C3)c(F)cc3c(=O)c(C(=O)O)cn1c23. The summed E-state index contributed by atoms with van der Waals surface area (Å²) in [4.78, 5) is 28.2. The maximum Gasteiger partial charge on any atom is 0.341 e. The first kappa shape index (κ1) is 18.2. The Bertz CT molecular complexity index is 1090. The fraction of sp³-hybridized carbons (Fsp3) is 0.474. The van der Waals surface area contributed by atoms with Crippen LogP contribution in [0.2, 0.25) is 0 Å². The molecule has 10 heteroatoms. The third-order valence-corrected chi connectivity index (χ3v) is 6.06. The van der Waals surface area contributed by atoms with Gasteiger partial charge >= 0.3 is 5.97 Å². The molecule has 2 N–H and O–H groups in total. The minimum atomic E-state index is -1.36. The molecule has 3 aliphatic rings. The lowest BCUT2D eigenvalue weighted by molar-refractivity contribution is 0.0694. The van der Waals surface area contributed by atoms with Crippen LogP contribution in [0.5, 0.6) is 5.75 Å². The number of ether oxygens (including phenoxy) is 1. The van der Waals surface area contributed by atoms with Crippen molar-refractivity contribution in [1.29, 1.82) is 0 Å². The van der Waals surface area contributed by atoms with Crippen molar-refractivity contribution in [1.82, 2.24) is 9.58 Å². The third kappa shape index (κ3) is 2.66. The zero-order valence-electron chi connectivity index (χ0n) is 15.8. The van der Waals surface area contributed by atoms with Gasteiger partial charge in [-0.05, 0) is 12.5 Å². The van der Waals surface area contributed by atoms with Crippen LogP contribution in [-0.4, -0.2) is 77.9 Å². The zero-order chi connectivity index (χ0) is 20.4. The van der Waals surface area contributed by atoms with Crippen LogP contribution in [0.3, 0.4) is 0 Å². The van der Waals surface area contributed by atoms with E-state index < -0.39 is 22.8 Å². The Morgan fingerprint density at radius 2 is 2.10 bits per heavy atom. The summed E-state index contributed by atoms with van der Waals surface area (Å²) >= 11 is 0. The van der Waals surface area contributed by atoms with Gasteiger partial charge in [-0.1, -0.05) is 0 Å². The van der Waals surface area contributed by atoms with E-state index >= 15 is 4.39 Å². The molecular weight excluding hydrogens is 383 g/mol. The number of aliphatic hydroxyl groups is 1. The van der Waals surface area contributed by atoms with E-state index in [1.807, 2.05) is 4.90 Å². The summed E-state index contributed by atoms with van der Waals surface area (Å²) in [5.41, 5.74) is -0.516. The van der Waals surface area contributed by atoms with Gasteiger partial charge in [0.15, 0.2) is 18.3 Å². The molecule has 0 bridgehead atoms. The first-order valence-corrected chi connectivity index (χ1v) is 9.51. The number of carboxylic acid groups (broad SMARTS) is 1. The third-order valence-electron chi connectivity index (χ3n) is 6.06. The van der Waals surface area contributed by atoms with Crippen molar-refractivity contribution in [3.8, 4) is 5.75 Å². The first-order chi connectivity index (χ1) is 13.8. The van der Waals surface area contributed by atoms with Crippen molar-refractivity contribution in [2.45, 2.75) is 18.6 Å². The van der Waals surface area contributed by atoms with E-state index in [0.29, 0.717) is 38.1 Å². The number of fused-ring (bicyclic) bond motifs is 1. The molecule has 154 valence electrons.